The molecule has 0 fully saturated rings. The largest absolute Gasteiger partial charge is 0.472 e. The standard InChI is InChI=1S/C72H140O17P2/c1-9-65(8)51-43-35-29-31-37-45-53-70(75)83-59-68(88-71(76)54-46-38-26-21-19-17-15-13-11-10-12-14-16-18-20-24-32-40-48-62(2)3)61-87-91(80,81)85-57-66(73)56-84-90(78,79)86-60-67(58-82-69(74)52-44-36-30-28-34-42-50-64(6)7)89-72(77)55-47-39-27-23-22-25-33-41-49-63(4)5/h62-68,73H,9-61H2,1-8H3,(H,78,79)(H,80,81)/t65?,66-,67+,68+/m0/s1. The molecule has 91 heavy (non-hydrogen) atoms. The highest BCUT2D eigenvalue weighted by atomic mass is 31.2. The first kappa shape index (κ1) is 89.1. The van der Waals surface area contributed by atoms with Crippen molar-refractivity contribution in [1.29, 1.82) is 0 Å². The van der Waals surface area contributed by atoms with Gasteiger partial charge in [0.2, 0.25) is 0 Å². The maximum atomic E-state index is 13.0. The highest BCUT2D eigenvalue weighted by Gasteiger charge is 2.30. The predicted octanol–water partition coefficient (Wildman–Crippen LogP) is 20.5. The van der Waals surface area contributed by atoms with Gasteiger partial charge in [-0.15, -0.1) is 0 Å². The Bertz CT molecular complexity index is 1800. The van der Waals surface area contributed by atoms with Gasteiger partial charge in [0, 0.05) is 25.7 Å². The van der Waals surface area contributed by atoms with E-state index in [0.717, 1.165) is 120 Å². The Morgan fingerprint density at radius 2 is 0.527 bits per heavy atom. The molecule has 0 spiro atoms. The molecular weight excluding hydrogens is 1200 g/mol. The lowest BCUT2D eigenvalue weighted by Gasteiger charge is -2.21. The van der Waals surface area contributed by atoms with Crippen molar-refractivity contribution in [3.8, 4) is 0 Å². The van der Waals surface area contributed by atoms with Gasteiger partial charge in [-0.25, -0.2) is 9.13 Å². The van der Waals surface area contributed by atoms with E-state index in [2.05, 4.69) is 55.4 Å². The second-order valence-electron chi connectivity index (χ2n) is 27.6. The van der Waals surface area contributed by atoms with E-state index in [9.17, 15) is 43.2 Å². The molecule has 0 heterocycles. The fourth-order valence-corrected chi connectivity index (χ4v) is 12.4. The summed E-state index contributed by atoms with van der Waals surface area (Å²) in [6.07, 6.45) is 44.8. The highest BCUT2D eigenvalue weighted by Crippen LogP contribution is 2.45. The van der Waals surface area contributed by atoms with E-state index in [1.165, 1.54) is 148 Å². The Morgan fingerprint density at radius 3 is 0.780 bits per heavy atom. The van der Waals surface area contributed by atoms with Gasteiger partial charge in [0.1, 0.15) is 19.3 Å². The van der Waals surface area contributed by atoms with Gasteiger partial charge < -0.3 is 33.8 Å². The lowest BCUT2D eigenvalue weighted by Crippen LogP contribution is -2.30. The molecule has 0 aliphatic rings. The molecule has 0 bridgehead atoms. The summed E-state index contributed by atoms with van der Waals surface area (Å²) in [4.78, 5) is 72.5. The third-order valence-corrected chi connectivity index (χ3v) is 18.8. The third kappa shape index (κ3) is 65.1. The number of ether oxygens (including phenoxy) is 4. The van der Waals surface area contributed by atoms with Crippen molar-refractivity contribution in [2.45, 2.75) is 375 Å². The van der Waals surface area contributed by atoms with Crippen LogP contribution < -0.4 is 0 Å². The van der Waals surface area contributed by atoms with E-state index in [4.69, 9.17) is 37.0 Å². The Hall–Kier alpha value is -1.94. The fraction of sp³-hybridized carbons (Fsp3) is 0.944. The summed E-state index contributed by atoms with van der Waals surface area (Å²) in [5.41, 5.74) is 0. The minimum atomic E-state index is -4.95. The molecule has 0 aliphatic carbocycles. The van der Waals surface area contributed by atoms with Gasteiger partial charge in [0.25, 0.3) is 0 Å². The molecular formula is C72H140O17P2. The lowest BCUT2D eigenvalue weighted by atomic mass is 10.00. The quantitative estimate of drug-likeness (QED) is 0.0222. The highest BCUT2D eigenvalue weighted by molar-refractivity contribution is 7.47. The summed E-state index contributed by atoms with van der Waals surface area (Å²) in [5.74, 6) is 0.816. The monoisotopic (exact) mass is 1340 g/mol. The van der Waals surface area contributed by atoms with Gasteiger partial charge in [0.05, 0.1) is 26.4 Å². The predicted molar refractivity (Wildman–Crippen MR) is 367 cm³/mol. The van der Waals surface area contributed by atoms with Crippen molar-refractivity contribution in [3.05, 3.63) is 0 Å². The Morgan fingerprint density at radius 1 is 0.308 bits per heavy atom. The molecule has 0 saturated heterocycles. The average molecular weight is 1340 g/mol. The summed E-state index contributed by atoms with van der Waals surface area (Å²) in [7, 11) is -9.90. The minimum absolute atomic E-state index is 0.103. The van der Waals surface area contributed by atoms with E-state index in [-0.39, 0.29) is 25.7 Å². The molecule has 0 amide bonds. The number of carbonyl (C=O) groups excluding carboxylic acids is 4. The number of hydrogen-bond donors (Lipinski definition) is 3. The SMILES string of the molecule is CCC(C)CCCCCCCCC(=O)OC[C@H](COP(=O)(O)OC[C@@H](O)COP(=O)(O)OC[C@@H](COC(=O)CCCCCCCCC(C)C)OC(=O)CCCCCCCCCCC(C)C)OC(=O)CCCCCCCCCCCCCCCCCCCCC(C)C. The van der Waals surface area contributed by atoms with E-state index in [1.54, 1.807) is 0 Å². The number of unbranched alkanes of at least 4 members (excludes halogenated alkanes) is 34. The van der Waals surface area contributed by atoms with Crippen LogP contribution in [-0.4, -0.2) is 96.7 Å². The summed E-state index contributed by atoms with van der Waals surface area (Å²) in [5, 5.41) is 10.6. The number of aliphatic hydroxyl groups excluding tert-OH is 1. The van der Waals surface area contributed by atoms with Gasteiger partial charge in [-0.2, -0.15) is 0 Å². The van der Waals surface area contributed by atoms with Gasteiger partial charge >= 0.3 is 39.5 Å². The number of hydrogen-bond acceptors (Lipinski definition) is 15. The number of carbonyl (C=O) groups is 4. The normalized spacial score (nSPS) is 14.5. The zero-order valence-electron chi connectivity index (χ0n) is 59.5. The lowest BCUT2D eigenvalue weighted by molar-refractivity contribution is -0.161. The molecule has 540 valence electrons. The summed E-state index contributed by atoms with van der Waals surface area (Å²) >= 11 is 0. The number of phosphoric ester groups is 2. The maximum absolute atomic E-state index is 13.0. The van der Waals surface area contributed by atoms with Gasteiger partial charge in [-0.1, -0.05) is 306 Å². The van der Waals surface area contributed by atoms with E-state index < -0.39 is 97.5 Å². The van der Waals surface area contributed by atoms with Gasteiger partial charge in [-0.3, -0.25) is 37.3 Å². The molecule has 3 N–H and O–H groups in total. The van der Waals surface area contributed by atoms with Crippen LogP contribution in [0.4, 0.5) is 0 Å². The first-order valence-corrected chi connectivity index (χ1v) is 40.2. The van der Waals surface area contributed by atoms with E-state index in [1.807, 2.05) is 0 Å². The van der Waals surface area contributed by atoms with Crippen LogP contribution in [0, 0.1) is 23.7 Å². The van der Waals surface area contributed by atoms with Crippen LogP contribution in [-0.2, 0) is 65.4 Å². The molecule has 0 aromatic carbocycles. The molecule has 19 heteroatoms. The van der Waals surface area contributed by atoms with Crippen molar-refractivity contribution >= 4 is 39.5 Å². The van der Waals surface area contributed by atoms with E-state index >= 15 is 0 Å². The number of phosphoric acid groups is 2. The van der Waals surface area contributed by atoms with Crippen LogP contribution in [0.2, 0.25) is 0 Å². The molecule has 17 nitrogen and oxygen atoms in total. The Kier molecular flexibility index (Phi) is 60.3. The zero-order valence-corrected chi connectivity index (χ0v) is 61.3. The van der Waals surface area contributed by atoms with Crippen molar-refractivity contribution in [2.75, 3.05) is 39.6 Å². The number of esters is 4. The van der Waals surface area contributed by atoms with Crippen LogP contribution >= 0.6 is 15.6 Å². The van der Waals surface area contributed by atoms with Gasteiger partial charge in [-0.05, 0) is 49.4 Å². The van der Waals surface area contributed by atoms with Crippen LogP contribution in [0.15, 0.2) is 0 Å². The molecule has 0 radical (unpaired) electrons. The maximum Gasteiger partial charge on any atom is 0.472 e. The Balaban J connectivity index is 5.16. The topological polar surface area (TPSA) is 237 Å². The average Bonchev–Trinajstić information content (AvgIpc) is 3.07. The van der Waals surface area contributed by atoms with Crippen LogP contribution in [0.1, 0.15) is 357 Å². The first-order chi connectivity index (χ1) is 43.6. The molecule has 6 atom stereocenters. The summed E-state index contributed by atoms with van der Waals surface area (Å²) < 4.78 is 68.2. The molecule has 0 aromatic rings. The van der Waals surface area contributed by atoms with Gasteiger partial charge in [0.15, 0.2) is 12.2 Å². The molecule has 0 rings (SSSR count). The third-order valence-electron chi connectivity index (χ3n) is 16.9. The van der Waals surface area contributed by atoms with Crippen molar-refractivity contribution in [1.82, 2.24) is 0 Å². The Labute approximate surface area is 556 Å². The minimum Gasteiger partial charge on any atom is -0.462 e. The van der Waals surface area contributed by atoms with E-state index in [0.29, 0.717) is 31.6 Å². The van der Waals surface area contributed by atoms with Crippen LogP contribution in [0.5, 0.6) is 0 Å². The number of rotatable bonds is 69. The van der Waals surface area contributed by atoms with Crippen LogP contribution in [0.3, 0.4) is 0 Å². The summed E-state index contributed by atoms with van der Waals surface area (Å²) in [6.45, 7) is 14.0. The second-order valence-corrected chi connectivity index (χ2v) is 30.6. The van der Waals surface area contributed by atoms with Crippen molar-refractivity contribution < 1.29 is 80.2 Å². The molecule has 3 unspecified atom stereocenters. The fourth-order valence-electron chi connectivity index (χ4n) is 10.8. The second kappa shape index (κ2) is 61.6. The zero-order chi connectivity index (χ0) is 67.5. The molecule has 0 aromatic heterocycles. The first-order valence-electron chi connectivity index (χ1n) is 37.2. The van der Waals surface area contributed by atoms with Crippen molar-refractivity contribution in [3.63, 3.8) is 0 Å². The number of aliphatic hydroxyl groups is 1. The van der Waals surface area contributed by atoms with Crippen LogP contribution in [0.25, 0.3) is 0 Å². The molecule has 0 aliphatic heterocycles. The van der Waals surface area contributed by atoms with Crippen molar-refractivity contribution in [2.24, 2.45) is 23.7 Å². The smallest absolute Gasteiger partial charge is 0.462 e. The summed E-state index contributed by atoms with van der Waals surface area (Å²) in [6, 6.07) is 0. The molecule has 0 saturated carbocycles.